The first kappa shape index (κ1) is 24.4. The van der Waals surface area contributed by atoms with Gasteiger partial charge in [0.1, 0.15) is 17.6 Å². The second kappa shape index (κ2) is 10.8. The summed E-state index contributed by atoms with van der Waals surface area (Å²) in [5, 5.41) is 28.3. The average Bonchev–Trinajstić information content (AvgIpc) is 3.59. The van der Waals surface area contributed by atoms with Gasteiger partial charge in [0.25, 0.3) is 0 Å². The number of halogens is 3. The molecule has 1 aliphatic rings. The summed E-state index contributed by atoms with van der Waals surface area (Å²) < 4.78 is 14.5. The second-order valence-electron chi connectivity index (χ2n) is 8.70. The molecule has 11 heteroatoms. The number of likely N-dealkylation sites (tertiary alicyclic amines) is 1. The maximum Gasteiger partial charge on any atom is 0.141 e. The van der Waals surface area contributed by atoms with Crippen LogP contribution >= 0.6 is 27.5 Å². The average molecular weight is 570 g/mol. The Bertz CT molecular complexity index is 1420. The van der Waals surface area contributed by atoms with Crippen molar-refractivity contribution in [2.75, 3.05) is 30.3 Å². The number of rotatable bonds is 8. The van der Waals surface area contributed by atoms with Crippen molar-refractivity contribution in [3.63, 3.8) is 0 Å². The van der Waals surface area contributed by atoms with Crippen LogP contribution in [0.5, 0.6) is 0 Å². The van der Waals surface area contributed by atoms with E-state index >= 15 is 0 Å². The minimum Gasteiger partial charge on any atom is -0.376 e. The Balaban J connectivity index is 1.50. The summed E-state index contributed by atoms with van der Waals surface area (Å²) in [6.45, 7) is 3.20. The summed E-state index contributed by atoms with van der Waals surface area (Å²) in [6.07, 6.45) is 6.59. The molecule has 1 unspecified atom stereocenters. The summed E-state index contributed by atoms with van der Waals surface area (Å²) in [7, 11) is 0. The van der Waals surface area contributed by atoms with Gasteiger partial charge in [-0.3, -0.25) is 4.98 Å². The highest BCUT2D eigenvalue weighted by Crippen LogP contribution is 2.36. The Labute approximate surface area is 221 Å². The van der Waals surface area contributed by atoms with Gasteiger partial charge in [-0.1, -0.05) is 11.6 Å². The highest BCUT2D eigenvalue weighted by molar-refractivity contribution is 9.10. The van der Waals surface area contributed by atoms with Crippen LogP contribution in [0.25, 0.3) is 10.9 Å². The Morgan fingerprint density at radius 1 is 1.19 bits per heavy atom. The first-order valence-corrected chi connectivity index (χ1v) is 12.8. The molecule has 2 aromatic carbocycles. The number of H-pyrrole nitrogens is 1. The van der Waals surface area contributed by atoms with Gasteiger partial charge < -0.3 is 15.5 Å². The molecule has 5 rings (SSSR count). The van der Waals surface area contributed by atoms with Crippen molar-refractivity contribution in [3.05, 3.63) is 69.3 Å². The van der Waals surface area contributed by atoms with Gasteiger partial charge in [0, 0.05) is 34.0 Å². The molecule has 8 nitrogen and oxygen atoms in total. The molecule has 0 saturated carbocycles. The van der Waals surface area contributed by atoms with E-state index in [0.29, 0.717) is 22.5 Å². The minimum atomic E-state index is -0.510. The van der Waals surface area contributed by atoms with Crippen LogP contribution in [0, 0.1) is 17.1 Å². The molecule has 36 heavy (non-hydrogen) atoms. The molecule has 0 bridgehead atoms. The van der Waals surface area contributed by atoms with Crippen molar-refractivity contribution in [1.82, 2.24) is 25.3 Å². The summed E-state index contributed by atoms with van der Waals surface area (Å²) in [5.41, 5.74) is 3.82. The fraction of sp³-hybridized carbons (Fsp3) is 0.280. The van der Waals surface area contributed by atoms with E-state index in [-0.39, 0.29) is 11.1 Å². The lowest BCUT2D eigenvalue weighted by molar-refractivity contribution is 0.325. The van der Waals surface area contributed by atoms with Crippen LogP contribution in [0.4, 0.5) is 21.5 Å². The van der Waals surface area contributed by atoms with Gasteiger partial charge in [0.15, 0.2) is 0 Å². The second-order valence-corrected chi connectivity index (χ2v) is 9.96. The van der Waals surface area contributed by atoms with E-state index in [2.05, 4.69) is 57.9 Å². The molecule has 0 spiro atoms. The number of hydrogen-bond acceptors (Lipinski definition) is 7. The fourth-order valence-corrected chi connectivity index (χ4v) is 5.22. The zero-order valence-corrected chi connectivity index (χ0v) is 21.6. The quantitative estimate of drug-likeness (QED) is 0.233. The monoisotopic (exact) mass is 568 g/mol. The summed E-state index contributed by atoms with van der Waals surface area (Å²) in [4.78, 5) is 6.95. The zero-order valence-electron chi connectivity index (χ0n) is 19.2. The number of benzene rings is 2. The summed E-state index contributed by atoms with van der Waals surface area (Å²) in [5.74, 6) is -0.510. The number of aromatic amines is 1. The molecule has 0 aliphatic carbocycles. The number of fused-ring (bicyclic) bond motifs is 1. The SMILES string of the molecule is N#Cc1cnc2c(Br)cc(NC(CCN3CCCC3)c3cn[nH]n3)cc2c1Nc1ccc(F)c(Cl)c1. The van der Waals surface area contributed by atoms with Crippen molar-refractivity contribution in [3.8, 4) is 6.07 Å². The molecule has 1 aliphatic heterocycles. The van der Waals surface area contributed by atoms with Gasteiger partial charge in [-0.15, -0.1) is 0 Å². The van der Waals surface area contributed by atoms with Gasteiger partial charge in [-0.2, -0.15) is 20.7 Å². The first-order chi connectivity index (χ1) is 17.5. The topological polar surface area (TPSA) is 106 Å². The van der Waals surface area contributed by atoms with Crippen molar-refractivity contribution in [2.45, 2.75) is 25.3 Å². The molecule has 1 atom stereocenters. The molecule has 0 amide bonds. The Kier molecular flexibility index (Phi) is 7.32. The smallest absolute Gasteiger partial charge is 0.141 e. The Morgan fingerprint density at radius 2 is 2.03 bits per heavy atom. The molecule has 4 aromatic rings. The van der Waals surface area contributed by atoms with Crippen LogP contribution in [0.3, 0.4) is 0 Å². The van der Waals surface area contributed by atoms with Gasteiger partial charge in [-0.25, -0.2) is 4.39 Å². The van der Waals surface area contributed by atoms with Crippen LogP contribution in [0.1, 0.15) is 36.6 Å². The number of nitriles is 1. The van der Waals surface area contributed by atoms with Crippen LogP contribution in [0.2, 0.25) is 5.02 Å². The first-order valence-electron chi connectivity index (χ1n) is 11.6. The number of nitrogens with zero attached hydrogens (tertiary/aromatic N) is 5. The van der Waals surface area contributed by atoms with E-state index in [1.165, 1.54) is 31.2 Å². The van der Waals surface area contributed by atoms with E-state index in [1.807, 2.05) is 12.1 Å². The normalized spacial score (nSPS) is 14.6. The predicted octanol–water partition coefficient (Wildman–Crippen LogP) is 6.16. The molecule has 184 valence electrons. The van der Waals surface area contributed by atoms with Crippen LogP contribution < -0.4 is 10.6 Å². The predicted molar refractivity (Wildman–Crippen MR) is 142 cm³/mol. The molecule has 2 aromatic heterocycles. The van der Waals surface area contributed by atoms with E-state index < -0.39 is 5.82 Å². The van der Waals surface area contributed by atoms with Crippen LogP contribution in [-0.4, -0.2) is 44.9 Å². The summed E-state index contributed by atoms with van der Waals surface area (Å²) >= 11 is 9.62. The third-order valence-electron chi connectivity index (χ3n) is 6.30. The maximum atomic E-state index is 13.7. The van der Waals surface area contributed by atoms with Crippen molar-refractivity contribution in [2.24, 2.45) is 0 Å². The number of anilines is 3. The standard InChI is InChI=1S/C25H23BrClFN8/c26-19-10-17(32-22(23-14-31-35-34-23)5-8-36-6-1-2-7-36)9-18-24(15(12-29)13-30-25(18)19)33-16-3-4-21(28)20(27)11-16/h3-4,9-11,13-14,22,32H,1-2,5-8H2,(H,30,33)(H,31,34,35). The number of nitrogens with one attached hydrogen (secondary N) is 3. The lowest BCUT2D eigenvalue weighted by atomic mass is 10.1. The van der Waals surface area contributed by atoms with E-state index in [4.69, 9.17) is 11.6 Å². The molecule has 3 N–H and O–H groups in total. The van der Waals surface area contributed by atoms with Crippen LogP contribution in [-0.2, 0) is 0 Å². The van der Waals surface area contributed by atoms with Gasteiger partial charge >= 0.3 is 0 Å². The van der Waals surface area contributed by atoms with E-state index in [9.17, 15) is 9.65 Å². The highest BCUT2D eigenvalue weighted by Gasteiger charge is 2.20. The Morgan fingerprint density at radius 3 is 2.75 bits per heavy atom. The minimum absolute atomic E-state index is 0.00568. The molecule has 0 radical (unpaired) electrons. The fourth-order valence-electron chi connectivity index (χ4n) is 4.47. The van der Waals surface area contributed by atoms with Crippen molar-refractivity contribution < 1.29 is 4.39 Å². The molecule has 3 heterocycles. The van der Waals surface area contributed by atoms with Gasteiger partial charge in [-0.05, 0) is 78.6 Å². The number of pyridine rings is 1. The molecule has 1 fully saturated rings. The largest absolute Gasteiger partial charge is 0.376 e. The highest BCUT2D eigenvalue weighted by atomic mass is 79.9. The molecule has 1 saturated heterocycles. The third kappa shape index (κ3) is 5.28. The third-order valence-corrected chi connectivity index (χ3v) is 7.19. The van der Waals surface area contributed by atoms with Crippen molar-refractivity contribution in [1.29, 1.82) is 5.26 Å². The summed E-state index contributed by atoms with van der Waals surface area (Å²) in [6, 6.07) is 10.4. The van der Waals surface area contributed by atoms with E-state index in [1.54, 1.807) is 12.3 Å². The zero-order chi connectivity index (χ0) is 25.1. The van der Waals surface area contributed by atoms with Crippen LogP contribution in [0.15, 0.2) is 47.2 Å². The van der Waals surface area contributed by atoms with Crippen molar-refractivity contribution >= 4 is 55.5 Å². The lowest BCUT2D eigenvalue weighted by Gasteiger charge is -2.22. The maximum absolute atomic E-state index is 13.7. The number of hydrogen-bond donors (Lipinski definition) is 3. The molecular formula is C25H23BrClFN8. The number of aromatic nitrogens is 4. The molecular weight excluding hydrogens is 547 g/mol. The lowest BCUT2D eigenvalue weighted by Crippen LogP contribution is -2.24. The van der Waals surface area contributed by atoms with Gasteiger partial charge in [0.2, 0.25) is 0 Å². The van der Waals surface area contributed by atoms with Gasteiger partial charge in [0.05, 0.1) is 34.0 Å². The Hall–Kier alpha value is -3.26. The van der Waals surface area contributed by atoms with E-state index in [0.717, 1.165) is 47.3 Å².